The molecule has 0 atom stereocenters. The summed E-state index contributed by atoms with van der Waals surface area (Å²) in [5.74, 6) is 0.558. The van der Waals surface area contributed by atoms with Crippen LogP contribution in [0, 0.1) is 6.57 Å². The van der Waals surface area contributed by atoms with Crippen LogP contribution in [0.4, 0.5) is 5.69 Å². The van der Waals surface area contributed by atoms with Gasteiger partial charge in [0, 0.05) is 76.8 Å². The molecule has 0 saturated heterocycles. The van der Waals surface area contributed by atoms with Crippen LogP contribution in [0.1, 0.15) is 0 Å². The predicted molar refractivity (Wildman–Crippen MR) is 484 cm³/mol. The summed E-state index contributed by atoms with van der Waals surface area (Å²) in [5, 5.41) is 12.3. The number of nitrogens with zero attached hydrogens (tertiary/aromatic N) is 7. The van der Waals surface area contributed by atoms with E-state index in [4.69, 9.17) is 16.5 Å². The molecule has 5 heterocycles. The Balaban J connectivity index is 0.769. The van der Waals surface area contributed by atoms with Crippen LogP contribution in [0.5, 0.6) is 0 Å². The maximum atomic E-state index is 8.23. The SMILES string of the molecule is [C-]#[N+]c1cccc(-c2nc(-c3cc(-n4c5ccc(-c6ccccc6)cc5c5cc(-c6ccc7c(c6)c6cc(-c8ccccc8)ccc6n7-c6ccccc6)ccc54)cc(-n4c5ccc(-c6ccccc6)cc5c5cc(-c6ccc7c(c6)c6cc(-c8ccccc8)ccc6n7-c6ccccc6)ccc54)c3)nc3ccc4ccccc4c23)c1. The van der Waals surface area contributed by atoms with E-state index in [2.05, 4.69) is 411 Å². The van der Waals surface area contributed by atoms with Crippen LogP contribution in [0.2, 0.25) is 0 Å². The highest BCUT2D eigenvalue weighted by Crippen LogP contribution is 2.47. The molecule has 5 aromatic heterocycles. The highest BCUT2D eigenvalue weighted by Gasteiger charge is 2.25. The summed E-state index contributed by atoms with van der Waals surface area (Å²) >= 11 is 0. The van der Waals surface area contributed by atoms with E-state index >= 15 is 0 Å². The second-order valence-electron chi connectivity index (χ2n) is 30.3. The fourth-order valence-corrected chi connectivity index (χ4v) is 18.3. The van der Waals surface area contributed by atoms with Crippen molar-refractivity contribution in [2.75, 3.05) is 0 Å². The highest BCUT2D eigenvalue weighted by atomic mass is 15.0. The van der Waals surface area contributed by atoms with Gasteiger partial charge in [-0.05, 0) is 235 Å². The zero-order valence-electron chi connectivity index (χ0n) is 62.8. The molecule has 0 aliphatic rings. The molecular formula is C109H67N7. The van der Waals surface area contributed by atoms with Crippen LogP contribution in [0.15, 0.2) is 406 Å². The van der Waals surface area contributed by atoms with Gasteiger partial charge in [-0.2, -0.15) is 0 Å². The second-order valence-corrected chi connectivity index (χ2v) is 30.3. The molecule has 0 N–H and O–H groups in total. The van der Waals surface area contributed by atoms with Crippen LogP contribution in [-0.2, 0) is 0 Å². The number of para-hydroxylation sites is 2. The van der Waals surface area contributed by atoms with Crippen molar-refractivity contribution in [2.24, 2.45) is 0 Å². The van der Waals surface area contributed by atoms with Gasteiger partial charge in [-0.1, -0.05) is 255 Å². The minimum absolute atomic E-state index is 0.539. The van der Waals surface area contributed by atoms with Crippen LogP contribution < -0.4 is 0 Å². The molecule has 0 bridgehead atoms. The Morgan fingerprint density at radius 2 is 0.500 bits per heavy atom. The van der Waals surface area contributed by atoms with E-state index in [-0.39, 0.29) is 0 Å². The molecule has 0 amide bonds. The number of rotatable bonds is 12. The molecule has 538 valence electrons. The Bertz CT molecular complexity index is 7610. The van der Waals surface area contributed by atoms with E-state index in [0.29, 0.717) is 11.5 Å². The fraction of sp³-hybridized carbons (Fsp3) is 0. The second kappa shape index (κ2) is 26.8. The van der Waals surface area contributed by atoms with Gasteiger partial charge in [-0.15, -0.1) is 0 Å². The monoisotopic (exact) mass is 1470 g/mol. The first kappa shape index (κ1) is 66.1. The first-order valence-corrected chi connectivity index (χ1v) is 39.4. The third-order valence-electron chi connectivity index (χ3n) is 23.7. The van der Waals surface area contributed by atoms with Gasteiger partial charge < -0.3 is 18.3 Å². The van der Waals surface area contributed by atoms with E-state index in [1.165, 1.54) is 43.8 Å². The average molecular weight is 1470 g/mol. The zero-order valence-corrected chi connectivity index (χ0v) is 62.8. The standard InChI is InChI=1S/C109H67N7/c1-110-84-33-22-32-82(57-84)108-107-89-38-21-20-31-73(89)39-48-98(107)111-109(112-108)83-58-87(115-103-51-42-76(71-27-12-4-13-28-71)62-92(103)96-66-80(46-55-105(96)115)78-44-53-101-94(64-78)90-60-74(69-23-8-2-9-24-69)40-49-99(90)113(101)85-34-16-6-17-35-85)68-88(59-83)116-104-52-43-77(72-29-14-5-15-30-72)63-93(104)97-67-81(47-56-106(97)116)79-45-54-102-95(65-79)91-61-75(70-25-10-3-11-26-70)41-50-100(91)114(102)86-36-18-7-19-37-86/h2-68H. The average Bonchev–Trinajstić information content (AvgIpc) is 1.56. The number of hydrogen-bond donors (Lipinski definition) is 0. The van der Waals surface area contributed by atoms with Crippen LogP contribution in [0.3, 0.4) is 0 Å². The number of fused-ring (bicyclic) bond motifs is 15. The lowest BCUT2D eigenvalue weighted by Crippen LogP contribution is -2.02. The molecule has 23 rings (SSSR count). The van der Waals surface area contributed by atoms with Crippen molar-refractivity contribution in [3.05, 3.63) is 418 Å². The Kier molecular flexibility index (Phi) is 15.2. The summed E-state index contributed by atoms with van der Waals surface area (Å²) in [4.78, 5) is 15.4. The lowest BCUT2D eigenvalue weighted by atomic mass is 9.98. The van der Waals surface area contributed by atoms with Gasteiger partial charge in [-0.25, -0.2) is 14.8 Å². The van der Waals surface area contributed by atoms with Crippen molar-refractivity contribution in [1.29, 1.82) is 0 Å². The molecule has 7 heteroatoms. The molecule has 0 spiro atoms. The van der Waals surface area contributed by atoms with Crippen molar-refractivity contribution in [1.82, 2.24) is 28.2 Å². The summed E-state index contributed by atoms with van der Waals surface area (Å²) in [7, 11) is 0. The minimum atomic E-state index is 0.539. The van der Waals surface area contributed by atoms with Crippen molar-refractivity contribution in [3.63, 3.8) is 0 Å². The van der Waals surface area contributed by atoms with Crippen LogP contribution >= 0.6 is 0 Å². The molecule has 7 nitrogen and oxygen atoms in total. The van der Waals surface area contributed by atoms with Gasteiger partial charge in [0.05, 0.1) is 61.9 Å². The van der Waals surface area contributed by atoms with Crippen molar-refractivity contribution in [2.45, 2.75) is 0 Å². The summed E-state index contributed by atoms with van der Waals surface area (Å²) in [6, 6.07) is 148. The molecule has 23 aromatic rings. The Morgan fingerprint density at radius 1 is 0.198 bits per heavy atom. The Morgan fingerprint density at radius 3 is 0.845 bits per heavy atom. The molecule has 0 radical (unpaired) electrons. The molecule has 0 aliphatic carbocycles. The highest BCUT2D eigenvalue weighted by molar-refractivity contribution is 6.18. The van der Waals surface area contributed by atoms with Crippen LogP contribution in [-0.4, -0.2) is 28.2 Å². The normalized spacial score (nSPS) is 11.8. The fourth-order valence-electron chi connectivity index (χ4n) is 18.3. The van der Waals surface area contributed by atoms with Gasteiger partial charge in [0.2, 0.25) is 0 Å². The third-order valence-corrected chi connectivity index (χ3v) is 23.7. The summed E-state index contributed by atoms with van der Waals surface area (Å²) in [6.45, 7) is 8.23. The maximum Gasteiger partial charge on any atom is 0.187 e. The first-order chi connectivity index (χ1) is 57.4. The van der Waals surface area contributed by atoms with E-state index < -0.39 is 0 Å². The summed E-state index contributed by atoms with van der Waals surface area (Å²) in [5.41, 5.74) is 30.4. The Labute approximate surface area is 668 Å². The Hall–Kier alpha value is -15.8. The lowest BCUT2D eigenvalue weighted by Gasteiger charge is -2.17. The molecular weight excluding hydrogens is 1410 g/mol. The third kappa shape index (κ3) is 10.9. The number of benzene rings is 18. The predicted octanol–water partition coefficient (Wildman–Crippen LogP) is 29.1. The molecule has 0 saturated carbocycles. The topological polar surface area (TPSA) is 49.9 Å². The van der Waals surface area contributed by atoms with Gasteiger partial charge in [0.1, 0.15) is 0 Å². The van der Waals surface area contributed by atoms with E-state index in [1.807, 2.05) is 18.2 Å². The molecule has 0 aliphatic heterocycles. The molecule has 0 unspecified atom stereocenters. The molecule has 116 heavy (non-hydrogen) atoms. The lowest BCUT2D eigenvalue weighted by molar-refractivity contribution is 1.13. The summed E-state index contributed by atoms with van der Waals surface area (Å²) < 4.78 is 9.72. The molecule has 0 fully saturated rings. The quantitative estimate of drug-likeness (QED) is 0.0904. The number of hydrogen-bond acceptors (Lipinski definition) is 2. The number of aromatic nitrogens is 6. The van der Waals surface area contributed by atoms with Gasteiger partial charge >= 0.3 is 0 Å². The van der Waals surface area contributed by atoms with Gasteiger partial charge in [-0.3, -0.25) is 0 Å². The van der Waals surface area contributed by atoms with E-state index in [1.54, 1.807) is 0 Å². The molecule has 18 aromatic carbocycles. The van der Waals surface area contributed by atoms with Crippen molar-refractivity contribution in [3.8, 4) is 112 Å². The zero-order chi connectivity index (χ0) is 76.5. The largest absolute Gasteiger partial charge is 0.309 e. The minimum Gasteiger partial charge on any atom is -0.309 e. The van der Waals surface area contributed by atoms with Crippen LogP contribution in [0.25, 0.3) is 226 Å². The smallest absolute Gasteiger partial charge is 0.187 e. The van der Waals surface area contributed by atoms with E-state index in [0.717, 1.165) is 171 Å². The van der Waals surface area contributed by atoms with Gasteiger partial charge in [0.25, 0.3) is 0 Å². The van der Waals surface area contributed by atoms with Crippen molar-refractivity contribution < 1.29 is 0 Å². The van der Waals surface area contributed by atoms with E-state index in [9.17, 15) is 0 Å². The van der Waals surface area contributed by atoms with Gasteiger partial charge in [0.15, 0.2) is 11.5 Å². The summed E-state index contributed by atoms with van der Waals surface area (Å²) in [6.07, 6.45) is 0. The van der Waals surface area contributed by atoms with Crippen molar-refractivity contribution >= 4 is 115 Å². The first-order valence-electron chi connectivity index (χ1n) is 39.4. The maximum absolute atomic E-state index is 8.23.